The molecule has 0 saturated heterocycles. The number of aryl methyl sites for hydroxylation is 3. The zero-order valence-electron chi connectivity index (χ0n) is 13.9. The molecule has 21 heavy (non-hydrogen) atoms. The molecule has 1 aromatic carbocycles. The Morgan fingerprint density at radius 1 is 1.14 bits per heavy atom. The molecule has 1 unspecified atom stereocenters. The van der Waals surface area contributed by atoms with Crippen LogP contribution in [-0.4, -0.2) is 16.3 Å². The average Bonchev–Trinajstić information content (AvgIpc) is 2.71. The molecule has 0 fully saturated rings. The van der Waals surface area contributed by atoms with Crippen molar-refractivity contribution in [3.05, 3.63) is 52.3 Å². The van der Waals surface area contributed by atoms with Gasteiger partial charge in [0.05, 0.1) is 5.69 Å². The lowest BCUT2D eigenvalue weighted by molar-refractivity contribution is 0.524. The van der Waals surface area contributed by atoms with Crippen LogP contribution in [-0.2, 0) is 13.5 Å². The van der Waals surface area contributed by atoms with Gasteiger partial charge in [-0.3, -0.25) is 4.68 Å². The van der Waals surface area contributed by atoms with E-state index in [2.05, 4.69) is 62.4 Å². The monoisotopic (exact) mass is 285 g/mol. The van der Waals surface area contributed by atoms with Crippen molar-refractivity contribution in [3.63, 3.8) is 0 Å². The van der Waals surface area contributed by atoms with Crippen molar-refractivity contribution in [1.29, 1.82) is 0 Å². The number of hydrogen-bond donors (Lipinski definition) is 1. The molecule has 0 aliphatic rings. The summed E-state index contributed by atoms with van der Waals surface area (Å²) in [6.45, 7) is 9.64. The van der Waals surface area contributed by atoms with E-state index in [1.54, 1.807) is 0 Å². The van der Waals surface area contributed by atoms with E-state index in [4.69, 9.17) is 0 Å². The normalized spacial score (nSPS) is 12.6. The Hall–Kier alpha value is -1.61. The Morgan fingerprint density at radius 3 is 2.33 bits per heavy atom. The van der Waals surface area contributed by atoms with Gasteiger partial charge >= 0.3 is 0 Å². The van der Waals surface area contributed by atoms with Crippen LogP contribution in [0.2, 0.25) is 0 Å². The van der Waals surface area contributed by atoms with Gasteiger partial charge in [-0.15, -0.1) is 0 Å². The fourth-order valence-corrected chi connectivity index (χ4v) is 2.85. The van der Waals surface area contributed by atoms with Gasteiger partial charge in [-0.25, -0.2) is 0 Å². The topological polar surface area (TPSA) is 29.9 Å². The maximum atomic E-state index is 4.57. The minimum Gasteiger partial charge on any atom is -0.310 e. The first-order valence-electron chi connectivity index (χ1n) is 7.82. The van der Waals surface area contributed by atoms with Gasteiger partial charge in [0.1, 0.15) is 0 Å². The van der Waals surface area contributed by atoms with Crippen LogP contribution in [0.1, 0.15) is 47.5 Å². The molecule has 0 saturated carbocycles. The second kappa shape index (κ2) is 6.90. The molecule has 0 radical (unpaired) electrons. The number of rotatable bonds is 6. The number of hydrogen-bond acceptors (Lipinski definition) is 2. The number of nitrogens with one attached hydrogen (secondary N) is 1. The molecular formula is C18H27N3. The lowest BCUT2D eigenvalue weighted by atomic mass is 9.96. The smallest absolute Gasteiger partial charge is 0.0644 e. The van der Waals surface area contributed by atoms with Gasteiger partial charge in [0.2, 0.25) is 0 Å². The Bertz CT molecular complexity index is 581. The van der Waals surface area contributed by atoms with Gasteiger partial charge in [0.15, 0.2) is 0 Å². The fraction of sp³-hybridized carbons (Fsp3) is 0.500. The quantitative estimate of drug-likeness (QED) is 0.878. The van der Waals surface area contributed by atoms with Gasteiger partial charge in [-0.05, 0) is 45.7 Å². The van der Waals surface area contributed by atoms with Crippen LogP contribution in [0.4, 0.5) is 0 Å². The first kappa shape index (κ1) is 15.8. The highest BCUT2D eigenvalue weighted by Gasteiger charge is 2.20. The van der Waals surface area contributed by atoms with Gasteiger partial charge in [0.25, 0.3) is 0 Å². The zero-order valence-corrected chi connectivity index (χ0v) is 13.9. The van der Waals surface area contributed by atoms with E-state index in [0.29, 0.717) is 6.04 Å². The van der Waals surface area contributed by atoms with Crippen molar-refractivity contribution in [2.45, 2.75) is 46.6 Å². The largest absolute Gasteiger partial charge is 0.310 e. The second-order valence-corrected chi connectivity index (χ2v) is 5.90. The average molecular weight is 285 g/mol. The zero-order chi connectivity index (χ0) is 15.4. The Morgan fingerprint density at radius 2 is 1.81 bits per heavy atom. The third-order valence-electron chi connectivity index (χ3n) is 4.11. The van der Waals surface area contributed by atoms with Crippen LogP contribution < -0.4 is 5.32 Å². The predicted octanol–water partition coefficient (Wildman–Crippen LogP) is 3.63. The molecule has 1 N–H and O–H groups in total. The second-order valence-electron chi connectivity index (χ2n) is 5.90. The third-order valence-corrected chi connectivity index (χ3v) is 4.11. The van der Waals surface area contributed by atoms with E-state index < -0.39 is 0 Å². The standard InChI is InChI=1S/C18H27N3/c1-6-11-19-17(12-16-9-7-13(2)8-10-16)18-14(3)20-21(5)15(18)4/h7-10,17,19H,6,11-12H2,1-5H3. The summed E-state index contributed by atoms with van der Waals surface area (Å²) in [7, 11) is 2.02. The van der Waals surface area contributed by atoms with Gasteiger partial charge < -0.3 is 5.32 Å². The molecule has 114 valence electrons. The first-order chi connectivity index (χ1) is 10.0. The highest BCUT2D eigenvalue weighted by atomic mass is 15.3. The molecule has 1 atom stereocenters. The van der Waals surface area contributed by atoms with E-state index in [1.807, 2.05) is 11.7 Å². The predicted molar refractivity (Wildman–Crippen MR) is 88.6 cm³/mol. The number of benzene rings is 1. The van der Waals surface area contributed by atoms with Crippen molar-refractivity contribution in [1.82, 2.24) is 15.1 Å². The SMILES string of the molecule is CCCNC(Cc1ccc(C)cc1)c1c(C)nn(C)c1C. The number of nitrogens with zero attached hydrogens (tertiary/aromatic N) is 2. The lowest BCUT2D eigenvalue weighted by Crippen LogP contribution is -2.25. The van der Waals surface area contributed by atoms with E-state index >= 15 is 0 Å². The Kier molecular flexibility index (Phi) is 5.18. The van der Waals surface area contributed by atoms with Crippen LogP contribution >= 0.6 is 0 Å². The molecule has 3 nitrogen and oxygen atoms in total. The van der Waals surface area contributed by atoms with Gasteiger partial charge in [-0.2, -0.15) is 5.10 Å². The van der Waals surface area contributed by atoms with Gasteiger partial charge in [0, 0.05) is 24.3 Å². The number of aromatic nitrogens is 2. The van der Waals surface area contributed by atoms with Crippen molar-refractivity contribution in [2.24, 2.45) is 7.05 Å². The summed E-state index contributed by atoms with van der Waals surface area (Å²) in [5, 5.41) is 8.26. The molecule has 1 heterocycles. The van der Waals surface area contributed by atoms with Crippen LogP contribution in [0, 0.1) is 20.8 Å². The summed E-state index contributed by atoms with van der Waals surface area (Å²) in [5.74, 6) is 0. The van der Waals surface area contributed by atoms with E-state index in [-0.39, 0.29) is 0 Å². The molecule has 2 aromatic rings. The van der Waals surface area contributed by atoms with Crippen molar-refractivity contribution < 1.29 is 0 Å². The van der Waals surface area contributed by atoms with Crippen molar-refractivity contribution in [2.75, 3.05) is 6.54 Å². The summed E-state index contributed by atoms with van der Waals surface area (Å²) in [6, 6.07) is 9.18. The summed E-state index contributed by atoms with van der Waals surface area (Å²) in [4.78, 5) is 0. The van der Waals surface area contributed by atoms with Crippen LogP contribution in [0.5, 0.6) is 0 Å². The molecule has 1 aromatic heterocycles. The minimum absolute atomic E-state index is 0.335. The fourth-order valence-electron chi connectivity index (χ4n) is 2.85. The third kappa shape index (κ3) is 3.73. The molecule has 0 amide bonds. The summed E-state index contributed by atoms with van der Waals surface area (Å²) in [6.07, 6.45) is 2.15. The Labute approximate surface area is 128 Å². The highest BCUT2D eigenvalue weighted by Crippen LogP contribution is 2.25. The van der Waals surface area contributed by atoms with E-state index in [9.17, 15) is 0 Å². The highest BCUT2D eigenvalue weighted by molar-refractivity contribution is 5.31. The van der Waals surface area contributed by atoms with E-state index in [1.165, 1.54) is 22.4 Å². The molecule has 0 spiro atoms. The van der Waals surface area contributed by atoms with Crippen molar-refractivity contribution >= 4 is 0 Å². The maximum Gasteiger partial charge on any atom is 0.0644 e. The first-order valence-corrected chi connectivity index (χ1v) is 7.82. The summed E-state index contributed by atoms with van der Waals surface area (Å²) >= 11 is 0. The summed E-state index contributed by atoms with van der Waals surface area (Å²) < 4.78 is 1.99. The molecule has 2 rings (SSSR count). The molecule has 0 aliphatic heterocycles. The molecule has 0 bridgehead atoms. The van der Waals surface area contributed by atoms with Gasteiger partial charge in [-0.1, -0.05) is 36.8 Å². The minimum atomic E-state index is 0.335. The summed E-state index contributed by atoms with van der Waals surface area (Å²) in [5.41, 5.74) is 6.43. The van der Waals surface area contributed by atoms with Crippen LogP contribution in [0.25, 0.3) is 0 Å². The molecular weight excluding hydrogens is 258 g/mol. The van der Waals surface area contributed by atoms with E-state index in [0.717, 1.165) is 25.1 Å². The van der Waals surface area contributed by atoms with Crippen molar-refractivity contribution in [3.8, 4) is 0 Å². The van der Waals surface area contributed by atoms with Crippen LogP contribution in [0.3, 0.4) is 0 Å². The molecule has 0 aliphatic carbocycles. The Balaban J connectivity index is 2.27. The van der Waals surface area contributed by atoms with Crippen LogP contribution in [0.15, 0.2) is 24.3 Å². The maximum absolute atomic E-state index is 4.57. The lowest BCUT2D eigenvalue weighted by Gasteiger charge is -2.20. The molecule has 3 heteroatoms.